The molecule has 1 aromatic rings. The third kappa shape index (κ3) is 1.23. The second-order valence-electron chi connectivity index (χ2n) is 1.03. The van der Waals surface area contributed by atoms with Gasteiger partial charge in [-0.2, -0.15) is 0 Å². The van der Waals surface area contributed by atoms with Crippen molar-refractivity contribution in [2.24, 2.45) is 0 Å². The van der Waals surface area contributed by atoms with Crippen molar-refractivity contribution in [3.63, 3.8) is 0 Å². The predicted octanol–water partition coefficient (Wildman–Crippen LogP) is 2.52. The predicted molar refractivity (Wildman–Crippen MR) is 38.6 cm³/mol. The van der Waals surface area contributed by atoms with Crippen LogP contribution in [0.2, 0.25) is 0 Å². The van der Waals surface area contributed by atoms with E-state index in [1.807, 2.05) is 0 Å². The van der Waals surface area contributed by atoms with Crippen LogP contribution in [0.5, 0.6) is 5.06 Å². The van der Waals surface area contributed by atoms with E-state index in [-0.39, 0.29) is 17.1 Å². The molecule has 0 unspecified atom stereocenters. The van der Waals surface area contributed by atoms with Crippen LogP contribution in [0.25, 0.3) is 0 Å². The fourth-order valence-electron chi connectivity index (χ4n) is 0.286. The summed E-state index contributed by atoms with van der Waals surface area (Å²) in [6, 6.07) is -0.0352. The maximum Gasteiger partial charge on any atom is 0.174 e. The molecule has 0 bridgehead atoms. The first-order valence-corrected chi connectivity index (χ1v) is 3.40. The molecule has 3 heteroatoms. The molecular formula is C5H5BrOS. The lowest BCUT2D eigenvalue weighted by atomic mass is 10.7. The Morgan fingerprint density at radius 1 is 2.00 bits per heavy atom. The summed E-state index contributed by atoms with van der Waals surface area (Å²) in [6.07, 6.45) is 0. The van der Waals surface area contributed by atoms with Gasteiger partial charge in [0.05, 0.1) is 16.3 Å². The molecular weight excluding hydrogens is 188 g/mol. The van der Waals surface area contributed by atoms with Crippen molar-refractivity contribution in [3.8, 4) is 5.06 Å². The van der Waals surface area contributed by atoms with Crippen LogP contribution >= 0.6 is 27.3 Å². The number of rotatable bonds is 1. The number of ether oxygens (including phenoxy) is 1. The molecule has 44 valence electrons. The molecule has 8 heavy (non-hydrogen) atoms. The van der Waals surface area contributed by atoms with Gasteiger partial charge in [0, 0.05) is 0 Å². The second-order valence-corrected chi connectivity index (χ2v) is 3.33. The van der Waals surface area contributed by atoms with Gasteiger partial charge in [-0.05, 0) is 28.0 Å². The van der Waals surface area contributed by atoms with E-state index in [0.717, 1.165) is 11.3 Å². The molecule has 0 aromatic carbocycles. The van der Waals surface area contributed by atoms with E-state index in [1.165, 1.54) is 0 Å². The Labute approximate surface area is 66.0 Å². The Morgan fingerprint density at radius 2 is 2.88 bits per heavy atom. The van der Waals surface area contributed by atoms with Crippen LogP contribution < -0.4 is 4.74 Å². The molecule has 0 N–H and O–H groups in total. The van der Waals surface area contributed by atoms with Crippen LogP contribution in [0.15, 0.2) is 15.9 Å². The summed E-state index contributed by atoms with van der Waals surface area (Å²) in [5.74, 6) is 0. The lowest BCUT2D eigenvalue weighted by Crippen LogP contribution is -1.73. The highest BCUT2D eigenvalue weighted by Gasteiger charge is 1.92. The first-order chi connectivity index (χ1) is 5.52. The quantitative estimate of drug-likeness (QED) is 0.672. The highest BCUT2D eigenvalue weighted by Crippen LogP contribution is 2.27. The largest absolute Gasteiger partial charge is 0.487 e. The number of thiophene rings is 1. The van der Waals surface area contributed by atoms with Gasteiger partial charge in [0.1, 0.15) is 0 Å². The molecule has 0 saturated carbocycles. The van der Waals surface area contributed by atoms with Gasteiger partial charge in [-0.3, -0.25) is 0 Å². The molecule has 0 aliphatic carbocycles. The van der Waals surface area contributed by atoms with Gasteiger partial charge in [-0.15, -0.1) is 0 Å². The lowest BCUT2D eigenvalue weighted by Gasteiger charge is -1.86. The van der Waals surface area contributed by atoms with Gasteiger partial charge < -0.3 is 4.74 Å². The van der Waals surface area contributed by atoms with Crippen molar-refractivity contribution < 1.29 is 10.2 Å². The fraction of sp³-hybridized carbons (Fsp3) is 0.200. The Kier molecular flexibility index (Phi) is 0.849. The van der Waals surface area contributed by atoms with E-state index in [4.69, 9.17) is 5.48 Å². The molecule has 0 aliphatic rings. The number of hydrogen-bond donors (Lipinski definition) is 0. The highest BCUT2D eigenvalue weighted by atomic mass is 79.9. The SMILES string of the molecule is [2H]c1c(Br)sc(OC([2H])[2H])c1[2H]. The minimum atomic E-state index is -1.45. The number of hydrogen-bond acceptors (Lipinski definition) is 2. The van der Waals surface area contributed by atoms with E-state index in [9.17, 15) is 0 Å². The van der Waals surface area contributed by atoms with Gasteiger partial charge in [-0.1, -0.05) is 11.3 Å². The monoisotopic (exact) mass is 196 g/mol. The van der Waals surface area contributed by atoms with Crippen molar-refractivity contribution in [2.75, 3.05) is 7.06 Å². The first kappa shape index (κ1) is 2.71. The Bertz CT molecular complexity index is 287. The average molecular weight is 197 g/mol. The molecule has 0 spiro atoms. The zero-order valence-corrected chi connectivity index (χ0v) is 6.17. The minimum absolute atomic E-state index is 0.0376. The summed E-state index contributed by atoms with van der Waals surface area (Å²) >= 11 is 4.11. The van der Waals surface area contributed by atoms with E-state index >= 15 is 0 Å². The smallest absolute Gasteiger partial charge is 0.174 e. The van der Waals surface area contributed by atoms with E-state index in [1.54, 1.807) is 0 Å². The molecule has 1 heterocycles. The molecule has 0 atom stereocenters. The lowest BCUT2D eigenvalue weighted by molar-refractivity contribution is 0.427. The summed E-state index contributed by atoms with van der Waals surface area (Å²) in [5.41, 5.74) is 0. The number of halogens is 1. The van der Waals surface area contributed by atoms with Gasteiger partial charge in [-0.25, -0.2) is 0 Å². The molecule has 1 aromatic heterocycles. The van der Waals surface area contributed by atoms with E-state index in [0.29, 0.717) is 3.79 Å². The Balaban J connectivity index is 2.93. The van der Waals surface area contributed by atoms with Crippen LogP contribution in [0.1, 0.15) is 5.48 Å². The topological polar surface area (TPSA) is 9.23 Å². The molecule has 0 saturated heterocycles. The summed E-state index contributed by atoms with van der Waals surface area (Å²) in [7, 11) is -1.45. The van der Waals surface area contributed by atoms with Gasteiger partial charge in [0.15, 0.2) is 5.06 Å². The van der Waals surface area contributed by atoms with Crippen molar-refractivity contribution >= 4 is 27.3 Å². The molecule has 1 nitrogen and oxygen atoms in total. The molecule has 0 fully saturated rings. The Hall–Kier alpha value is -0.0200. The van der Waals surface area contributed by atoms with Gasteiger partial charge >= 0.3 is 0 Å². The third-order valence-electron chi connectivity index (χ3n) is 0.552. The van der Waals surface area contributed by atoms with Crippen LogP contribution in [0, 0.1) is 0 Å². The summed E-state index contributed by atoms with van der Waals surface area (Å²) in [6.45, 7) is 0. The van der Waals surface area contributed by atoms with Crippen molar-refractivity contribution in [1.29, 1.82) is 0 Å². The maximum atomic E-state index is 7.31. The van der Waals surface area contributed by atoms with Crippen LogP contribution in [-0.2, 0) is 0 Å². The van der Waals surface area contributed by atoms with E-state index < -0.39 is 7.06 Å². The Morgan fingerprint density at radius 3 is 3.38 bits per heavy atom. The molecule has 0 aliphatic heterocycles. The fourth-order valence-corrected chi connectivity index (χ4v) is 1.24. The maximum absolute atomic E-state index is 7.31. The van der Waals surface area contributed by atoms with Crippen LogP contribution in [-0.4, -0.2) is 7.06 Å². The summed E-state index contributed by atoms with van der Waals surface area (Å²) in [5, 5.41) is 0.141. The number of methoxy groups -OCH3 is 1. The van der Waals surface area contributed by atoms with Gasteiger partial charge in [0.2, 0.25) is 0 Å². The van der Waals surface area contributed by atoms with Crippen molar-refractivity contribution in [1.82, 2.24) is 0 Å². The molecule has 0 amide bonds. The molecule has 0 radical (unpaired) electrons. The van der Waals surface area contributed by atoms with Gasteiger partial charge in [0.25, 0.3) is 0 Å². The van der Waals surface area contributed by atoms with Crippen molar-refractivity contribution in [2.45, 2.75) is 0 Å². The molecule has 1 rings (SSSR count). The summed E-state index contributed by atoms with van der Waals surface area (Å²) in [4.78, 5) is 0. The average Bonchev–Trinajstić information content (AvgIpc) is 2.17. The zero-order chi connectivity index (χ0) is 9.30. The third-order valence-corrected chi connectivity index (χ3v) is 1.90. The highest BCUT2D eigenvalue weighted by molar-refractivity contribution is 9.11. The normalized spacial score (nSPS) is 16.8. The van der Waals surface area contributed by atoms with Crippen LogP contribution in [0.3, 0.4) is 0 Å². The zero-order valence-electron chi connectivity index (χ0n) is 7.77. The van der Waals surface area contributed by atoms with Crippen molar-refractivity contribution in [3.05, 3.63) is 15.9 Å². The minimum Gasteiger partial charge on any atom is -0.487 e. The standard InChI is InChI=1S/C5H5BrOS/c1-7-5-3-2-4(6)8-5/h2-3H,1H3/i1D2,2D,3D. The summed E-state index contributed by atoms with van der Waals surface area (Å²) < 4.78 is 33.3. The van der Waals surface area contributed by atoms with Crippen LogP contribution in [0.4, 0.5) is 0 Å². The first-order valence-electron chi connectivity index (χ1n) is 3.94. The van der Waals surface area contributed by atoms with E-state index in [2.05, 4.69) is 20.7 Å². The second kappa shape index (κ2) is 2.51.